The van der Waals surface area contributed by atoms with Crippen LogP contribution in [0.5, 0.6) is 0 Å². The second kappa shape index (κ2) is 9.77. The summed E-state index contributed by atoms with van der Waals surface area (Å²) in [7, 11) is 0. The van der Waals surface area contributed by atoms with E-state index in [4.69, 9.17) is 4.99 Å². The highest BCUT2D eigenvalue weighted by atomic mass is 16.2. The molecule has 1 heterocycles. The van der Waals surface area contributed by atoms with Crippen molar-refractivity contribution in [2.24, 2.45) is 10.9 Å². The summed E-state index contributed by atoms with van der Waals surface area (Å²) in [6.45, 7) is 7.61. The number of carbonyl (C=O) groups excluding carboxylic acids is 1. The number of nitrogens with zero attached hydrogens (tertiary/aromatic N) is 2. The lowest BCUT2D eigenvalue weighted by molar-refractivity contribution is -0.128. The maximum absolute atomic E-state index is 11.8. The predicted octanol–water partition coefficient (Wildman–Crippen LogP) is 3.44. The average molecular weight is 371 g/mol. The maximum atomic E-state index is 11.8. The summed E-state index contributed by atoms with van der Waals surface area (Å²) in [5, 5.41) is 6.98. The molecule has 1 amide bonds. The fourth-order valence-corrected chi connectivity index (χ4v) is 3.93. The first-order valence-electron chi connectivity index (χ1n) is 10.5. The van der Waals surface area contributed by atoms with Crippen molar-refractivity contribution in [3.8, 4) is 0 Å². The number of nitrogens with one attached hydrogen (secondary N) is 2. The summed E-state index contributed by atoms with van der Waals surface area (Å²) < 4.78 is 0. The number of hydrogen-bond acceptors (Lipinski definition) is 2. The molecule has 1 aromatic rings. The van der Waals surface area contributed by atoms with Gasteiger partial charge in [0.2, 0.25) is 5.91 Å². The predicted molar refractivity (Wildman–Crippen MR) is 110 cm³/mol. The van der Waals surface area contributed by atoms with E-state index in [-0.39, 0.29) is 5.91 Å². The Morgan fingerprint density at radius 2 is 1.85 bits per heavy atom. The van der Waals surface area contributed by atoms with Crippen molar-refractivity contribution in [2.75, 3.05) is 13.1 Å². The lowest BCUT2D eigenvalue weighted by atomic mass is 9.87. The summed E-state index contributed by atoms with van der Waals surface area (Å²) in [6.07, 6.45) is 6.76. The Hall–Kier alpha value is -2.04. The van der Waals surface area contributed by atoms with E-state index in [2.05, 4.69) is 48.7 Å². The van der Waals surface area contributed by atoms with E-state index in [0.717, 1.165) is 37.9 Å². The first kappa shape index (κ1) is 19.7. The van der Waals surface area contributed by atoms with Crippen LogP contribution in [0.3, 0.4) is 0 Å². The normalized spacial score (nSPS) is 23.6. The zero-order chi connectivity index (χ0) is 19.1. The van der Waals surface area contributed by atoms with Gasteiger partial charge in [-0.3, -0.25) is 4.79 Å². The third-order valence-corrected chi connectivity index (χ3v) is 5.69. The smallest absolute Gasteiger partial charge is 0.222 e. The van der Waals surface area contributed by atoms with Gasteiger partial charge in [0, 0.05) is 32.1 Å². The number of carbonyl (C=O) groups is 1. The molecular formula is C22H34N4O. The molecule has 0 spiro atoms. The minimum Gasteiger partial charge on any atom is -0.357 e. The first-order valence-corrected chi connectivity index (χ1v) is 10.5. The highest BCUT2D eigenvalue weighted by molar-refractivity contribution is 5.80. The molecule has 0 unspecified atom stereocenters. The zero-order valence-electron chi connectivity index (χ0n) is 16.8. The molecule has 1 aliphatic carbocycles. The van der Waals surface area contributed by atoms with Crippen molar-refractivity contribution in [3.63, 3.8) is 0 Å². The third kappa shape index (κ3) is 5.98. The molecule has 1 saturated carbocycles. The Morgan fingerprint density at radius 1 is 1.15 bits per heavy atom. The van der Waals surface area contributed by atoms with Crippen molar-refractivity contribution in [3.05, 3.63) is 35.4 Å². The molecule has 1 aromatic carbocycles. The minimum absolute atomic E-state index is 0.280. The van der Waals surface area contributed by atoms with Crippen LogP contribution in [-0.2, 0) is 17.9 Å². The fraction of sp³-hybridized carbons (Fsp3) is 0.636. The minimum atomic E-state index is 0.280. The van der Waals surface area contributed by atoms with Gasteiger partial charge >= 0.3 is 0 Å². The summed E-state index contributed by atoms with van der Waals surface area (Å²) in [5.41, 5.74) is 2.39. The van der Waals surface area contributed by atoms with Crippen molar-refractivity contribution in [1.82, 2.24) is 15.5 Å². The molecule has 0 radical (unpaired) electrons. The Labute approximate surface area is 163 Å². The fourth-order valence-electron chi connectivity index (χ4n) is 3.93. The lowest BCUT2D eigenvalue weighted by Gasteiger charge is -2.28. The van der Waals surface area contributed by atoms with E-state index in [1.807, 2.05) is 4.90 Å². The molecule has 0 bridgehead atoms. The van der Waals surface area contributed by atoms with Crippen molar-refractivity contribution in [1.29, 1.82) is 0 Å². The molecule has 5 heteroatoms. The van der Waals surface area contributed by atoms with Gasteiger partial charge in [0.25, 0.3) is 0 Å². The number of hydrogen-bond donors (Lipinski definition) is 2. The Morgan fingerprint density at radius 3 is 2.48 bits per heavy atom. The molecule has 1 aliphatic heterocycles. The topological polar surface area (TPSA) is 56.7 Å². The number of likely N-dealkylation sites (tertiary alicyclic amines) is 1. The number of amides is 1. The van der Waals surface area contributed by atoms with Crippen molar-refractivity contribution < 1.29 is 4.79 Å². The van der Waals surface area contributed by atoms with Crippen LogP contribution in [0.25, 0.3) is 0 Å². The van der Waals surface area contributed by atoms with E-state index in [1.165, 1.54) is 36.8 Å². The van der Waals surface area contributed by atoms with Gasteiger partial charge in [-0.15, -0.1) is 0 Å². The highest BCUT2D eigenvalue weighted by Gasteiger charge is 2.20. The molecule has 2 aliphatic rings. The third-order valence-electron chi connectivity index (χ3n) is 5.69. The Bertz CT molecular complexity index is 632. The van der Waals surface area contributed by atoms with Crippen LogP contribution in [0.15, 0.2) is 29.3 Å². The van der Waals surface area contributed by atoms with Gasteiger partial charge in [-0.05, 0) is 56.1 Å². The maximum Gasteiger partial charge on any atom is 0.222 e. The zero-order valence-corrected chi connectivity index (χ0v) is 16.8. The number of benzene rings is 1. The number of aliphatic imine (C=N–C) groups is 1. The molecule has 0 aromatic heterocycles. The van der Waals surface area contributed by atoms with Crippen LogP contribution >= 0.6 is 0 Å². The van der Waals surface area contributed by atoms with E-state index < -0.39 is 0 Å². The molecule has 1 saturated heterocycles. The Kier molecular flexibility index (Phi) is 7.13. The largest absolute Gasteiger partial charge is 0.357 e. The lowest BCUT2D eigenvalue weighted by Crippen LogP contribution is -2.44. The van der Waals surface area contributed by atoms with Gasteiger partial charge < -0.3 is 15.5 Å². The van der Waals surface area contributed by atoms with E-state index in [9.17, 15) is 4.79 Å². The van der Waals surface area contributed by atoms with Gasteiger partial charge in [0.05, 0.1) is 6.54 Å². The van der Waals surface area contributed by atoms with Gasteiger partial charge in [-0.2, -0.15) is 0 Å². The summed E-state index contributed by atoms with van der Waals surface area (Å²) in [4.78, 5) is 18.5. The molecule has 27 heavy (non-hydrogen) atoms. The summed E-state index contributed by atoms with van der Waals surface area (Å²) >= 11 is 0. The molecule has 148 valence electrons. The molecule has 2 N–H and O–H groups in total. The molecule has 5 nitrogen and oxygen atoms in total. The van der Waals surface area contributed by atoms with E-state index >= 15 is 0 Å². The van der Waals surface area contributed by atoms with Crippen LogP contribution in [0.4, 0.5) is 0 Å². The van der Waals surface area contributed by atoms with Crippen molar-refractivity contribution >= 4 is 11.9 Å². The Balaban J connectivity index is 1.53. The second-order valence-electron chi connectivity index (χ2n) is 8.03. The van der Waals surface area contributed by atoms with Crippen LogP contribution in [0.2, 0.25) is 0 Å². The van der Waals surface area contributed by atoms with E-state index in [1.54, 1.807) is 0 Å². The van der Waals surface area contributed by atoms with Gasteiger partial charge in [-0.1, -0.05) is 31.2 Å². The SMILES string of the molecule is CCNC(=NCc1ccc(CN2CCCC2=O)cc1)NC1CCC(C)CC1. The molecular weight excluding hydrogens is 336 g/mol. The van der Waals surface area contributed by atoms with E-state index in [0.29, 0.717) is 19.0 Å². The van der Waals surface area contributed by atoms with Crippen molar-refractivity contribution in [2.45, 2.75) is 71.5 Å². The monoisotopic (exact) mass is 370 g/mol. The molecule has 0 atom stereocenters. The highest BCUT2D eigenvalue weighted by Crippen LogP contribution is 2.23. The van der Waals surface area contributed by atoms with Crippen LogP contribution in [-0.4, -0.2) is 35.9 Å². The van der Waals surface area contributed by atoms with Crippen LogP contribution in [0.1, 0.15) is 63.5 Å². The average Bonchev–Trinajstić information content (AvgIpc) is 3.07. The summed E-state index contributed by atoms with van der Waals surface area (Å²) in [5.74, 6) is 2.06. The number of guanidine groups is 1. The standard InChI is InChI=1S/C22H34N4O/c1-3-23-22(25-20-12-6-17(2)7-13-20)24-15-18-8-10-19(11-9-18)16-26-14-4-5-21(26)27/h8-11,17,20H,3-7,12-16H2,1-2H3,(H2,23,24,25). The van der Waals surface area contributed by atoms with Gasteiger partial charge in [-0.25, -0.2) is 4.99 Å². The van der Waals surface area contributed by atoms with Crippen LogP contribution < -0.4 is 10.6 Å². The quantitative estimate of drug-likeness (QED) is 0.596. The van der Waals surface area contributed by atoms with Gasteiger partial charge in [0.15, 0.2) is 5.96 Å². The van der Waals surface area contributed by atoms with Gasteiger partial charge in [0.1, 0.15) is 0 Å². The molecule has 3 rings (SSSR count). The van der Waals surface area contributed by atoms with Crippen LogP contribution in [0, 0.1) is 5.92 Å². The molecule has 2 fully saturated rings. The second-order valence-corrected chi connectivity index (χ2v) is 8.03. The summed E-state index contributed by atoms with van der Waals surface area (Å²) in [6, 6.07) is 9.05. The number of rotatable bonds is 6. The first-order chi connectivity index (χ1) is 13.1.